The molecule has 31 heteroatoms. The fraction of sp³-hybridized carbons (Fsp3) is 0.833. The zero-order valence-electron chi connectivity index (χ0n) is 30.3. The molecular weight excluding hydrogens is 856 g/mol. The summed E-state index contributed by atoms with van der Waals surface area (Å²) in [6.07, 6.45) is -59.6. The average molecular weight is 899 g/mol. The predicted octanol–water partition coefficient (Wildman–Crippen LogP) is -11.5. The lowest BCUT2D eigenvalue weighted by Crippen LogP contribution is -2.69. The number of hydrogen-bond acceptors (Lipinski definition) is 26. The van der Waals surface area contributed by atoms with Crippen LogP contribution in [-0.4, -0.2) is 270 Å². The van der Waals surface area contributed by atoms with Crippen LogP contribution in [0, 0.1) is 0 Å². The van der Waals surface area contributed by atoms with Gasteiger partial charge in [-0.25, -0.2) is 24.0 Å². The van der Waals surface area contributed by atoms with E-state index in [-0.39, 0.29) is 0 Å². The van der Waals surface area contributed by atoms with Crippen LogP contribution in [0.3, 0.4) is 0 Å². The number of carboxylic acid groups (broad SMARTS) is 5. The summed E-state index contributed by atoms with van der Waals surface area (Å²) in [5.41, 5.74) is 0. The van der Waals surface area contributed by atoms with E-state index in [0.29, 0.717) is 0 Å². The Kier molecular flexibility index (Phi) is 15.2. The molecule has 5 fully saturated rings. The molecule has 5 saturated heterocycles. The Labute approximate surface area is 337 Å². The summed E-state index contributed by atoms with van der Waals surface area (Å²) >= 11 is 0. The van der Waals surface area contributed by atoms with E-state index in [1.807, 2.05) is 0 Å². The second kappa shape index (κ2) is 19.1. The van der Waals surface area contributed by atoms with Crippen molar-refractivity contribution in [2.24, 2.45) is 0 Å². The van der Waals surface area contributed by atoms with Gasteiger partial charge in [0.1, 0.15) is 91.6 Å². The molecule has 31 nitrogen and oxygen atoms in total. The number of carboxylic acids is 5. The highest BCUT2D eigenvalue weighted by Gasteiger charge is 2.59. The third-order valence-electron chi connectivity index (χ3n) is 10.1. The molecule has 0 radical (unpaired) electrons. The van der Waals surface area contributed by atoms with Gasteiger partial charge in [-0.3, -0.25) is 0 Å². The summed E-state index contributed by atoms with van der Waals surface area (Å²) in [6.45, 7) is 0. The first-order chi connectivity index (χ1) is 28.4. The largest absolute Gasteiger partial charge is 0.479 e. The summed E-state index contributed by atoms with van der Waals surface area (Å²) < 4.78 is 45.9. The van der Waals surface area contributed by atoms with Crippen LogP contribution >= 0.6 is 0 Å². The standard InChI is InChI=1S/C30H42O31/c31-1-2(32)16(21(42)43)58-27(8(1)38)55-13-4(34)10(40)29(60-18(13)23(46)47)57-15-6(36)11(41)30(61-20(15)25(50)51)56-14-5(35)9(39)28(59-19(14)24(48)49)54-12-3(33)7(37)26(52)53-17(12)22(44)45/h1-20,26-41,52H,(H,42,43)(H,44,45)(H,46,47)(H,48,49)(H,50,51)/t1-,2-,3+,4+,5+,6+,7+,8+,9+,10+,11+,12-,13-,14-,15-,16-,17-,18-,19-,20-,26-,27-,28-,29-,30-/m0/s1. The second-order valence-corrected chi connectivity index (χ2v) is 14.1. The minimum Gasteiger partial charge on any atom is -0.479 e. The summed E-state index contributed by atoms with van der Waals surface area (Å²) in [5.74, 6) is -9.88. The quantitative estimate of drug-likeness (QED) is 0.0816. The van der Waals surface area contributed by atoms with Crippen molar-refractivity contribution in [3.63, 3.8) is 0 Å². The Morgan fingerprint density at radius 1 is 0.279 bits per heavy atom. The third kappa shape index (κ3) is 9.56. The smallest absolute Gasteiger partial charge is 0.335 e. The summed E-state index contributed by atoms with van der Waals surface area (Å²) in [6, 6.07) is 0. The maximum absolute atomic E-state index is 12.3. The molecule has 5 heterocycles. The fourth-order valence-electron chi connectivity index (χ4n) is 6.88. The van der Waals surface area contributed by atoms with Crippen molar-refractivity contribution < 1.29 is 153 Å². The topological polar surface area (TPSA) is 512 Å². The van der Waals surface area contributed by atoms with Crippen LogP contribution in [0.5, 0.6) is 0 Å². The number of aliphatic carboxylic acids is 5. The van der Waals surface area contributed by atoms with E-state index in [1.54, 1.807) is 0 Å². The van der Waals surface area contributed by atoms with E-state index in [9.17, 15) is 111 Å². The molecular formula is C30H42O31. The van der Waals surface area contributed by atoms with Crippen molar-refractivity contribution in [2.75, 3.05) is 0 Å². The van der Waals surface area contributed by atoms with Crippen LogP contribution < -0.4 is 0 Å². The van der Waals surface area contributed by atoms with E-state index in [2.05, 4.69) is 4.74 Å². The van der Waals surface area contributed by atoms with E-state index in [0.717, 1.165) is 0 Å². The van der Waals surface area contributed by atoms with Crippen molar-refractivity contribution in [3.05, 3.63) is 0 Å². The molecule has 61 heavy (non-hydrogen) atoms. The van der Waals surface area contributed by atoms with Gasteiger partial charge in [-0.2, -0.15) is 0 Å². The van der Waals surface area contributed by atoms with E-state index < -0.39 is 183 Å². The highest BCUT2D eigenvalue weighted by molar-refractivity contribution is 5.75. The lowest BCUT2D eigenvalue weighted by atomic mass is 9.95. The van der Waals surface area contributed by atoms with Crippen molar-refractivity contribution >= 4 is 29.8 Å². The molecule has 25 atom stereocenters. The number of ether oxygens (including phenoxy) is 9. The Balaban J connectivity index is 1.30. The molecule has 0 spiro atoms. The molecule has 5 rings (SSSR count). The SMILES string of the molecule is O=C(O)[C@H]1O[C@H](O[C@H]2[C@H](O)[C@@H](O)[C@@H](O[C@H]3[C@H](O)[C@@H](O)[C@@H](O[C@H]4[C@H](O)[C@@H](O)[C@@H](O[C@H]5[C@H](O)[C@@H](O)[C@@H](O)O[C@@H]5C(=O)O)O[C@@H]4C(=O)O)O[C@@H]3C(=O)O)O[C@@H]2C(=O)O)[C@H](O)[C@@H](O)[C@@H]1O. The van der Waals surface area contributed by atoms with E-state index in [4.69, 9.17) is 37.9 Å². The highest BCUT2D eigenvalue weighted by Crippen LogP contribution is 2.36. The number of hydrogen-bond donors (Lipinski definition) is 17. The number of rotatable bonds is 13. The Morgan fingerprint density at radius 3 is 0.787 bits per heavy atom. The first-order valence-corrected chi connectivity index (χ1v) is 17.6. The van der Waals surface area contributed by atoms with Crippen molar-refractivity contribution in [2.45, 2.75) is 154 Å². The van der Waals surface area contributed by atoms with Crippen LogP contribution in [0.1, 0.15) is 0 Å². The minimum atomic E-state index is -2.56. The van der Waals surface area contributed by atoms with Gasteiger partial charge < -0.3 is 129 Å². The molecule has 0 saturated carbocycles. The Hall–Kier alpha value is -3.49. The normalized spacial score (nSPS) is 49.4. The summed E-state index contributed by atoms with van der Waals surface area (Å²) in [5, 5.41) is 174. The van der Waals surface area contributed by atoms with Gasteiger partial charge in [0.25, 0.3) is 0 Å². The van der Waals surface area contributed by atoms with Crippen molar-refractivity contribution in [1.82, 2.24) is 0 Å². The zero-order chi connectivity index (χ0) is 45.7. The number of aliphatic hydroxyl groups excluding tert-OH is 12. The summed E-state index contributed by atoms with van der Waals surface area (Å²) in [4.78, 5) is 59.9. The number of carbonyl (C=O) groups is 5. The van der Waals surface area contributed by atoms with Gasteiger partial charge >= 0.3 is 29.8 Å². The first-order valence-electron chi connectivity index (χ1n) is 17.6. The van der Waals surface area contributed by atoms with Gasteiger partial charge in [0.15, 0.2) is 62.0 Å². The molecule has 5 aliphatic heterocycles. The van der Waals surface area contributed by atoms with Crippen LogP contribution in [0.4, 0.5) is 0 Å². The average Bonchev–Trinajstić information content (AvgIpc) is 3.18. The highest BCUT2D eigenvalue weighted by atomic mass is 16.8. The number of aliphatic hydroxyl groups is 12. The van der Waals surface area contributed by atoms with Crippen LogP contribution in [0.15, 0.2) is 0 Å². The van der Waals surface area contributed by atoms with Crippen molar-refractivity contribution in [1.29, 1.82) is 0 Å². The second-order valence-electron chi connectivity index (χ2n) is 14.1. The van der Waals surface area contributed by atoms with E-state index in [1.165, 1.54) is 0 Å². The molecule has 0 bridgehead atoms. The molecule has 0 aliphatic carbocycles. The van der Waals surface area contributed by atoms with Crippen LogP contribution in [-0.2, 0) is 66.6 Å². The lowest BCUT2D eigenvalue weighted by molar-refractivity contribution is -0.383. The van der Waals surface area contributed by atoms with Crippen molar-refractivity contribution in [3.8, 4) is 0 Å². The molecule has 0 aromatic rings. The van der Waals surface area contributed by atoms with Gasteiger partial charge in [-0.1, -0.05) is 0 Å². The first kappa shape index (κ1) is 48.5. The monoisotopic (exact) mass is 898 g/mol. The Morgan fingerprint density at radius 2 is 0.508 bits per heavy atom. The Bertz CT molecular complexity index is 1600. The van der Waals surface area contributed by atoms with Crippen LogP contribution in [0.2, 0.25) is 0 Å². The zero-order valence-corrected chi connectivity index (χ0v) is 30.3. The predicted molar refractivity (Wildman–Crippen MR) is 169 cm³/mol. The lowest BCUT2D eigenvalue weighted by Gasteiger charge is -2.48. The maximum atomic E-state index is 12.3. The molecule has 0 aromatic carbocycles. The van der Waals surface area contributed by atoms with Crippen LogP contribution in [0.25, 0.3) is 0 Å². The molecule has 5 aliphatic rings. The molecule has 17 N–H and O–H groups in total. The summed E-state index contributed by atoms with van der Waals surface area (Å²) in [7, 11) is 0. The third-order valence-corrected chi connectivity index (χ3v) is 10.1. The minimum absolute atomic E-state index is 1.87. The van der Waals surface area contributed by atoms with E-state index >= 15 is 0 Å². The fourth-order valence-corrected chi connectivity index (χ4v) is 6.88. The maximum Gasteiger partial charge on any atom is 0.335 e. The molecule has 348 valence electrons. The van der Waals surface area contributed by atoms with Gasteiger partial charge in [-0.05, 0) is 0 Å². The molecule has 0 unspecified atom stereocenters. The van der Waals surface area contributed by atoms with Gasteiger partial charge in [0, 0.05) is 0 Å². The molecule has 0 amide bonds. The van der Waals surface area contributed by atoms with Gasteiger partial charge in [-0.15, -0.1) is 0 Å². The van der Waals surface area contributed by atoms with Gasteiger partial charge in [0.2, 0.25) is 0 Å². The van der Waals surface area contributed by atoms with Gasteiger partial charge in [0.05, 0.1) is 0 Å². The molecule has 0 aromatic heterocycles.